The molecule has 30 heavy (non-hydrogen) atoms. The highest BCUT2D eigenvalue weighted by Crippen LogP contribution is 2.59. The summed E-state index contributed by atoms with van der Waals surface area (Å²) in [6.07, 6.45) is 11.4. The van der Waals surface area contributed by atoms with Gasteiger partial charge in [0.25, 0.3) is 0 Å². The monoisotopic (exact) mass is 413 g/mol. The maximum atomic E-state index is 13.7. The maximum absolute atomic E-state index is 13.7. The summed E-state index contributed by atoms with van der Waals surface area (Å²) in [5, 5.41) is 0. The number of hydrogen-bond donors (Lipinski definition) is 1. The number of fused-ring (bicyclic) bond motifs is 1. The number of nitrogens with two attached hydrogens (primary N) is 1. The molecular formula is C21H24FN5O3. The van der Waals surface area contributed by atoms with Crippen LogP contribution in [0, 0.1) is 29.8 Å². The molecule has 9 heteroatoms. The van der Waals surface area contributed by atoms with E-state index in [1.807, 2.05) is 6.92 Å². The van der Waals surface area contributed by atoms with Crippen LogP contribution >= 0.6 is 0 Å². The van der Waals surface area contributed by atoms with Crippen molar-refractivity contribution in [3.8, 4) is 12.3 Å². The molecule has 3 aliphatic rings. The van der Waals surface area contributed by atoms with E-state index >= 15 is 0 Å². The van der Waals surface area contributed by atoms with Gasteiger partial charge in [-0.05, 0) is 37.5 Å². The van der Waals surface area contributed by atoms with Gasteiger partial charge in [-0.15, -0.1) is 6.42 Å². The molecule has 158 valence electrons. The minimum Gasteiger partial charge on any atom is -0.458 e. The number of aromatic nitrogens is 4. The fraction of sp³-hybridized carbons (Fsp3) is 0.619. The van der Waals surface area contributed by atoms with E-state index in [1.54, 1.807) is 4.57 Å². The molecule has 2 aromatic heterocycles. The Balaban J connectivity index is 1.38. The predicted octanol–water partition coefficient (Wildman–Crippen LogP) is 2.74. The first-order chi connectivity index (χ1) is 14.4. The average Bonchev–Trinajstić information content (AvgIpc) is 3.21. The quantitative estimate of drug-likeness (QED) is 0.467. The normalized spacial score (nSPS) is 30.0. The van der Waals surface area contributed by atoms with E-state index in [4.69, 9.17) is 21.6 Å². The Kier molecular flexibility index (Phi) is 4.26. The molecule has 0 amide bonds. The van der Waals surface area contributed by atoms with Crippen molar-refractivity contribution in [2.75, 3.05) is 5.73 Å². The minimum absolute atomic E-state index is 0.0502. The number of terminal acetylenes is 1. The van der Waals surface area contributed by atoms with E-state index in [2.05, 4.69) is 20.9 Å². The second-order valence-electron chi connectivity index (χ2n) is 8.78. The smallest absolute Gasteiger partial charge is 0.312 e. The van der Waals surface area contributed by atoms with Crippen LogP contribution < -0.4 is 5.73 Å². The van der Waals surface area contributed by atoms with Gasteiger partial charge in [0.1, 0.15) is 12.3 Å². The Morgan fingerprint density at radius 2 is 2.23 bits per heavy atom. The van der Waals surface area contributed by atoms with Gasteiger partial charge in [0.2, 0.25) is 0 Å². The van der Waals surface area contributed by atoms with Crippen molar-refractivity contribution in [3.63, 3.8) is 0 Å². The number of hydrogen-bond acceptors (Lipinski definition) is 7. The molecule has 3 atom stereocenters. The number of carbonyl (C=O) groups excluding carboxylic acids is 1. The summed E-state index contributed by atoms with van der Waals surface area (Å²) in [5.41, 5.74) is 5.56. The van der Waals surface area contributed by atoms with E-state index in [-0.39, 0.29) is 28.9 Å². The Hall–Kier alpha value is -2.73. The van der Waals surface area contributed by atoms with E-state index in [0.29, 0.717) is 18.3 Å². The minimum atomic E-state index is -1.06. The molecule has 3 fully saturated rings. The number of ether oxygens (including phenoxy) is 2. The fourth-order valence-corrected chi connectivity index (χ4v) is 5.19. The lowest BCUT2D eigenvalue weighted by atomic mass is 9.52. The standard InChI is InChI=1S/C21H24FN5O3/c1-3-21(4-2)13(29-18(28)12-9-20(10-12)6-5-7-20)8-14(30-21)27-11-24-15-16(23)25-19(22)26-17(15)27/h1,11-14H,4-10H2,2H3,(H2,23,25,26)/t13-,14+,21+/m0/s1. The molecule has 1 aliphatic heterocycles. The van der Waals surface area contributed by atoms with Crippen molar-refractivity contribution < 1.29 is 18.7 Å². The molecular weight excluding hydrogens is 389 g/mol. The van der Waals surface area contributed by atoms with Gasteiger partial charge < -0.3 is 15.2 Å². The van der Waals surface area contributed by atoms with Gasteiger partial charge in [-0.2, -0.15) is 14.4 Å². The largest absolute Gasteiger partial charge is 0.458 e. The summed E-state index contributed by atoms with van der Waals surface area (Å²) < 4.78 is 27.4. The number of rotatable bonds is 4. The second kappa shape index (κ2) is 6.64. The molecule has 0 aromatic carbocycles. The number of halogens is 1. The Labute approximate surface area is 173 Å². The lowest BCUT2D eigenvalue weighted by molar-refractivity contribution is -0.172. The second-order valence-corrected chi connectivity index (χ2v) is 8.78. The zero-order valence-electron chi connectivity index (χ0n) is 16.8. The Morgan fingerprint density at radius 1 is 1.47 bits per heavy atom. The van der Waals surface area contributed by atoms with Crippen LogP contribution in [0.3, 0.4) is 0 Å². The van der Waals surface area contributed by atoms with Crippen LogP contribution in [-0.2, 0) is 14.3 Å². The molecule has 8 nitrogen and oxygen atoms in total. The molecule has 2 N–H and O–H groups in total. The summed E-state index contributed by atoms with van der Waals surface area (Å²) in [6, 6.07) is 0. The lowest BCUT2D eigenvalue weighted by Gasteiger charge is -2.53. The molecule has 5 rings (SSSR count). The van der Waals surface area contributed by atoms with Gasteiger partial charge in [0.15, 0.2) is 22.6 Å². The highest BCUT2D eigenvalue weighted by Gasteiger charge is 2.54. The molecule has 3 heterocycles. The van der Waals surface area contributed by atoms with Crippen LogP contribution in [0.25, 0.3) is 11.2 Å². The third-order valence-corrected chi connectivity index (χ3v) is 7.15. The SMILES string of the molecule is C#C[C@]1(CC)O[C@@H](n2cnc3c(N)nc(F)nc32)C[C@@H]1OC(=O)C1CC2(CCC2)C1. The van der Waals surface area contributed by atoms with Crippen molar-refractivity contribution in [1.29, 1.82) is 0 Å². The summed E-state index contributed by atoms with van der Waals surface area (Å²) in [7, 11) is 0. The number of carbonyl (C=O) groups is 1. The zero-order chi connectivity index (χ0) is 21.1. The first-order valence-electron chi connectivity index (χ1n) is 10.4. The van der Waals surface area contributed by atoms with Gasteiger partial charge in [0, 0.05) is 6.42 Å². The first kappa shape index (κ1) is 19.2. The molecule has 1 saturated heterocycles. The number of imidazole rings is 1. The van der Waals surface area contributed by atoms with E-state index in [0.717, 1.165) is 12.8 Å². The van der Waals surface area contributed by atoms with Crippen molar-refractivity contribution in [2.45, 2.75) is 69.8 Å². The fourth-order valence-electron chi connectivity index (χ4n) is 5.19. The third-order valence-electron chi connectivity index (χ3n) is 7.15. The molecule has 2 aliphatic carbocycles. The summed E-state index contributed by atoms with van der Waals surface area (Å²) >= 11 is 0. The molecule has 0 radical (unpaired) electrons. The summed E-state index contributed by atoms with van der Waals surface area (Å²) in [6.45, 7) is 1.89. The summed E-state index contributed by atoms with van der Waals surface area (Å²) in [5.74, 6) is 2.38. The van der Waals surface area contributed by atoms with Crippen molar-refractivity contribution >= 4 is 23.0 Å². The maximum Gasteiger partial charge on any atom is 0.312 e. The molecule has 1 spiro atoms. The van der Waals surface area contributed by atoms with Crippen LogP contribution in [0.1, 0.15) is 58.1 Å². The summed E-state index contributed by atoms with van der Waals surface area (Å²) in [4.78, 5) is 24.3. The molecule has 2 aromatic rings. The van der Waals surface area contributed by atoms with Crippen LogP contribution in [-0.4, -0.2) is 37.2 Å². The van der Waals surface area contributed by atoms with E-state index in [1.165, 1.54) is 25.6 Å². The number of nitrogen functional groups attached to an aromatic ring is 1. The number of anilines is 1. The first-order valence-corrected chi connectivity index (χ1v) is 10.4. The van der Waals surface area contributed by atoms with Crippen LogP contribution in [0.5, 0.6) is 0 Å². The average molecular weight is 413 g/mol. The van der Waals surface area contributed by atoms with Crippen LogP contribution in [0.4, 0.5) is 10.2 Å². The van der Waals surface area contributed by atoms with Crippen molar-refractivity contribution in [2.24, 2.45) is 11.3 Å². The van der Waals surface area contributed by atoms with Gasteiger partial charge in [-0.3, -0.25) is 9.36 Å². The van der Waals surface area contributed by atoms with Crippen molar-refractivity contribution in [3.05, 3.63) is 12.4 Å². The number of esters is 1. The Bertz CT molecular complexity index is 1050. The number of nitrogens with zero attached hydrogens (tertiary/aromatic N) is 4. The lowest BCUT2D eigenvalue weighted by Crippen LogP contribution is -2.48. The topological polar surface area (TPSA) is 105 Å². The van der Waals surface area contributed by atoms with Gasteiger partial charge in [-0.1, -0.05) is 19.3 Å². The van der Waals surface area contributed by atoms with Gasteiger partial charge in [0.05, 0.1) is 12.2 Å². The van der Waals surface area contributed by atoms with Gasteiger partial charge in [-0.25, -0.2) is 4.98 Å². The highest BCUT2D eigenvalue weighted by molar-refractivity contribution is 5.81. The molecule has 0 unspecified atom stereocenters. The Morgan fingerprint density at radius 3 is 2.87 bits per heavy atom. The predicted molar refractivity (Wildman–Crippen MR) is 105 cm³/mol. The molecule has 2 saturated carbocycles. The zero-order valence-corrected chi connectivity index (χ0v) is 16.8. The van der Waals surface area contributed by atoms with E-state index in [9.17, 15) is 9.18 Å². The molecule has 0 bridgehead atoms. The van der Waals surface area contributed by atoms with Crippen LogP contribution in [0.2, 0.25) is 0 Å². The van der Waals surface area contributed by atoms with Crippen LogP contribution in [0.15, 0.2) is 6.33 Å². The van der Waals surface area contributed by atoms with Crippen molar-refractivity contribution in [1.82, 2.24) is 19.5 Å². The van der Waals surface area contributed by atoms with E-state index < -0.39 is 24.0 Å². The van der Waals surface area contributed by atoms with Gasteiger partial charge >= 0.3 is 12.0 Å². The third kappa shape index (κ3) is 2.77. The highest BCUT2D eigenvalue weighted by atomic mass is 19.1.